The van der Waals surface area contributed by atoms with Gasteiger partial charge >= 0.3 is 0 Å². The molecule has 140 valence electrons. The minimum Gasteiger partial charge on any atom is -0.365 e. The minimum absolute atomic E-state index is 0.593. The second-order valence-electron chi connectivity index (χ2n) is 7.25. The van der Waals surface area contributed by atoms with E-state index < -0.39 is 0 Å². The summed E-state index contributed by atoms with van der Waals surface area (Å²) in [5.74, 6) is 1.42. The molecule has 0 radical (unpaired) electrons. The fourth-order valence-electron chi connectivity index (χ4n) is 3.33. The van der Waals surface area contributed by atoms with Crippen molar-refractivity contribution in [2.45, 2.75) is 27.3 Å². The van der Waals surface area contributed by atoms with Crippen molar-refractivity contribution in [3.8, 4) is 0 Å². The second kappa shape index (κ2) is 7.69. The maximum absolute atomic E-state index is 4.75. The van der Waals surface area contributed by atoms with Crippen LogP contribution in [0, 0.1) is 20.8 Å². The molecule has 0 unspecified atom stereocenters. The SMILES string of the molecule is Cc1ccc(CNc2nc(Nc3cc(C)cc(C)c3)nc3ccccc23)cc1. The largest absolute Gasteiger partial charge is 0.365 e. The van der Waals surface area contributed by atoms with Crippen molar-refractivity contribution in [2.24, 2.45) is 0 Å². The van der Waals surface area contributed by atoms with Crippen LogP contribution in [0.5, 0.6) is 0 Å². The van der Waals surface area contributed by atoms with Crippen molar-refractivity contribution < 1.29 is 0 Å². The van der Waals surface area contributed by atoms with Gasteiger partial charge in [0.15, 0.2) is 0 Å². The van der Waals surface area contributed by atoms with E-state index in [9.17, 15) is 0 Å². The number of anilines is 3. The van der Waals surface area contributed by atoms with Crippen molar-refractivity contribution in [3.05, 3.63) is 89.0 Å². The Hall–Kier alpha value is -3.40. The first-order chi connectivity index (χ1) is 13.6. The molecule has 0 atom stereocenters. The van der Waals surface area contributed by atoms with E-state index in [2.05, 4.69) is 73.9 Å². The Kier molecular flexibility index (Phi) is 4.94. The van der Waals surface area contributed by atoms with E-state index >= 15 is 0 Å². The van der Waals surface area contributed by atoms with Crippen LogP contribution in [0.4, 0.5) is 17.5 Å². The lowest BCUT2D eigenvalue weighted by atomic mass is 10.1. The number of fused-ring (bicyclic) bond motifs is 1. The van der Waals surface area contributed by atoms with E-state index in [1.807, 2.05) is 24.3 Å². The summed E-state index contributed by atoms with van der Waals surface area (Å²) in [7, 11) is 0. The Bertz CT molecular complexity index is 1100. The molecule has 3 aromatic carbocycles. The molecule has 1 aromatic heterocycles. The maximum atomic E-state index is 4.75. The molecule has 28 heavy (non-hydrogen) atoms. The van der Waals surface area contributed by atoms with Crippen LogP contribution < -0.4 is 10.6 Å². The fraction of sp³-hybridized carbons (Fsp3) is 0.167. The average Bonchev–Trinajstić information content (AvgIpc) is 2.66. The molecule has 0 aliphatic heterocycles. The third-order valence-electron chi connectivity index (χ3n) is 4.66. The lowest BCUT2D eigenvalue weighted by molar-refractivity contribution is 1.10. The van der Waals surface area contributed by atoms with E-state index in [-0.39, 0.29) is 0 Å². The summed E-state index contributed by atoms with van der Waals surface area (Å²) < 4.78 is 0. The molecule has 0 bridgehead atoms. The summed E-state index contributed by atoms with van der Waals surface area (Å²) >= 11 is 0. The third-order valence-corrected chi connectivity index (χ3v) is 4.66. The summed E-state index contributed by atoms with van der Waals surface area (Å²) in [6.07, 6.45) is 0. The predicted molar refractivity (Wildman–Crippen MR) is 117 cm³/mol. The standard InChI is InChI=1S/C24H24N4/c1-16-8-10-19(11-9-16)15-25-23-21-6-4-5-7-22(21)27-24(28-23)26-20-13-17(2)12-18(3)14-20/h4-14H,15H2,1-3H3,(H2,25,26,27,28). The van der Waals surface area contributed by atoms with Crippen LogP contribution in [0.2, 0.25) is 0 Å². The van der Waals surface area contributed by atoms with Gasteiger partial charge in [-0.2, -0.15) is 4.98 Å². The van der Waals surface area contributed by atoms with Crippen LogP contribution >= 0.6 is 0 Å². The zero-order chi connectivity index (χ0) is 19.5. The Morgan fingerprint density at radius 2 is 1.46 bits per heavy atom. The number of aromatic nitrogens is 2. The maximum Gasteiger partial charge on any atom is 0.229 e. The molecule has 4 heteroatoms. The smallest absolute Gasteiger partial charge is 0.229 e. The van der Waals surface area contributed by atoms with Gasteiger partial charge in [-0.25, -0.2) is 4.98 Å². The van der Waals surface area contributed by atoms with Gasteiger partial charge in [-0.05, 0) is 61.7 Å². The van der Waals surface area contributed by atoms with Gasteiger partial charge in [-0.1, -0.05) is 48.0 Å². The van der Waals surface area contributed by atoms with Gasteiger partial charge < -0.3 is 10.6 Å². The Morgan fingerprint density at radius 3 is 2.21 bits per heavy atom. The number of benzene rings is 3. The van der Waals surface area contributed by atoms with Gasteiger partial charge in [-0.3, -0.25) is 0 Å². The number of rotatable bonds is 5. The van der Waals surface area contributed by atoms with Gasteiger partial charge in [0.05, 0.1) is 5.52 Å². The second-order valence-corrected chi connectivity index (χ2v) is 7.25. The molecule has 0 spiro atoms. The molecule has 0 aliphatic rings. The van der Waals surface area contributed by atoms with Crippen LogP contribution in [-0.2, 0) is 6.54 Å². The normalized spacial score (nSPS) is 10.8. The van der Waals surface area contributed by atoms with E-state index in [0.717, 1.165) is 22.4 Å². The highest BCUT2D eigenvalue weighted by molar-refractivity contribution is 5.90. The molecule has 0 saturated carbocycles. The van der Waals surface area contributed by atoms with Gasteiger partial charge in [0.2, 0.25) is 5.95 Å². The Balaban J connectivity index is 1.65. The quantitative estimate of drug-likeness (QED) is 0.460. The zero-order valence-corrected chi connectivity index (χ0v) is 16.5. The number of nitrogens with one attached hydrogen (secondary N) is 2. The van der Waals surface area contributed by atoms with E-state index in [1.54, 1.807) is 0 Å². The van der Waals surface area contributed by atoms with Crippen LogP contribution in [0.3, 0.4) is 0 Å². The van der Waals surface area contributed by atoms with Gasteiger partial charge in [-0.15, -0.1) is 0 Å². The molecule has 0 fully saturated rings. The average molecular weight is 368 g/mol. The number of aryl methyl sites for hydroxylation is 3. The highest BCUT2D eigenvalue weighted by atomic mass is 15.1. The molecular formula is C24H24N4. The number of nitrogens with zero attached hydrogens (tertiary/aromatic N) is 2. The molecule has 4 aromatic rings. The van der Waals surface area contributed by atoms with Crippen molar-refractivity contribution in [1.29, 1.82) is 0 Å². The van der Waals surface area contributed by atoms with Crippen molar-refractivity contribution in [3.63, 3.8) is 0 Å². The number of hydrogen-bond donors (Lipinski definition) is 2. The molecule has 1 heterocycles. The van der Waals surface area contributed by atoms with Gasteiger partial charge in [0.1, 0.15) is 5.82 Å². The van der Waals surface area contributed by atoms with Gasteiger partial charge in [0.25, 0.3) is 0 Å². The third kappa shape index (κ3) is 4.12. The molecule has 0 amide bonds. The fourth-order valence-corrected chi connectivity index (χ4v) is 3.33. The summed E-state index contributed by atoms with van der Waals surface area (Å²) in [5, 5.41) is 7.86. The van der Waals surface area contributed by atoms with Crippen LogP contribution in [0.1, 0.15) is 22.3 Å². The van der Waals surface area contributed by atoms with Crippen molar-refractivity contribution >= 4 is 28.4 Å². The highest BCUT2D eigenvalue weighted by Gasteiger charge is 2.08. The topological polar surface area (TPSA) is 49.8 Å². The van der Waals surface area contributed by atoms with Crippen molar-refractivity contribution in [1.82, 2.24) is 9.97 Å². The van der Waals surface area contributed by atoms with Crippen LogP contribution in [0.25, 0.3) is 10.9 Å². The molecule has 0 aliphatic carbocycles. The van der Waals surface area contributed by atoms with Crippen LogP contribution in [-0.4, -0.2) is 9.97 Å². The highest BCUT2D eigenvalue weighted by Crippen LogP contribution is 2.25. The minimum atomic E-state index is 0.593. The molecule has 2 N–H and O–H groups in total. The first-order valence-electron chi connectivity index (χ1n) is 9.48. The lowest BCUT2D eigenvalue weighted by Gasteiger charge is -2.13. The predicted octanol–water partition coefficient (Wildman–Crippen LogP) is 5.91. The Labute approximate surface area is 165 Å². The lowest BCUT2D eigenvalue weighted by Crippen LogP contribution is -2.06. The summed E-state index contributed by atoms with van der Waals surface area (Å²) in [6.45, 7) is 6.99. The number of hydrogen-bond acceptors (Lipinski definition) is 4. The first-order valence-corrected chi connectivity index (χ1v) is 9.48. The van der Waals surface area contributed by atoms with E-state index in [0.29, 0.717) is 12.5 Å². The van der Waals surface area contributed by atoms with E-state index in [4.69, 9.17) is 9.97 Å². The zero-order valence-electron chi connectivity index (χ0n) is 16.5. The molecule has 4 nitrogen and oxygen atoms in total. The first kappa shape index (κ1) is 18.0. The summed E-state index contributed by atoms with van der Waals surface area (Å²) in [4.78, 5) is 9.45. The molecular weight excluding hydrogens is 344 g/mol. The monoisotopic (exact) mass is 368 g/mol. The van der Waals surface area contributed by atoms with Crippen LogP contribution in [0.15, 0.2) is 66.7 Å². The van der Waals surface area contributed by atoms with Crippen molar-refractivity contribution in [2.75, 3.05) is 10.6 Å². The number of para-hydroxylation sites is 1. The van der Waals surface area contributed by atoms with E-state index in [1.165, 1.54) is 22.3 Å². The van der Waals surface area contributed by atoms with Gasteiger partial charge in [0, 0.05) is 17.6 Å². The molecule has 0 saturated heterocycles. The summed E-state index contributed by atoms with van der Waals surface area (Å²) in [5.41, 5.74) is 6.81. The summed E-state index contributed by atoms with van der Waals surface area (Å²) in [6, 6.07) is 23.0. The molecule has 4 rings (SSSR count). The Morgan fingerprint density at radius 1 is 0.750 bits per heavy atom.